The molecule has 0 heterocycles. The summed E-state index contributed by atoms with van der Waals surface area (Å²) in [5.74, 6) is -0.165. The average molecular weight is 247 g/mol. The Morgan fingerprint density at radius 2 is 1.71 bits per heavy atom. The van der Waals surface area contributed by atoms with Gasteiger partial charge < -0.3 is 11.5 Å². The van der Waals surface area contributed by atoms with E-state index in [1.54, 1.807) is 42.5 Å². The summed E-state index contributed by atoms with van der Waals surface area (Å²) in [4.78, 5) is 12.1. The molecule has 0 aliphatic rings. The molecular formula is C13H11ClN2O. The molecule has 2 aromatic rings. The lowest BCUT2D eigenvalue weighted by Gasteiger charge is -2.05. The van der Waals surface area contributed by atoms with E-state index >= 15 is 0 Å². The third-order valence-electron chi connectivity index (χ3n) is 2.39. The van der Waals surface area contributed by atoms with E-state index in [9.17, 15) is 4.79 Å². The van der Waals surface area contributed by atoms with Gasteiger partial charge >= 0.3 is 0 Å². The summed E-state index contributed by atoms with van der Waals surface area (Å²) >= 11 is 5.98. The smallest absolute Gasteiger partial charge is 0.194 e. The number of benzene rings is 2. The number of rotatable bonds is 2. The zero-order valence-corrected chi connectivity index (χ0v) is 9.74. The first-order chi connectivity index (χ1) is 8.08. The predicted octanol–water partition coefficient (Wildman–Crippen LogP) is 2.74. The molecule has 0 radical (unpaired) electrons. The molecule has 0 saturated carbocycles. The first-order valence-electron chi connectivity index (χ1n) is 5.03. The maximum atomic E-state index is 12.1. The van der Waals surface area contributed by atoms with Gasteiger partial charge in [0.2, 0.25) is 0 Å². The highest BCUT2D eigenvalue weighted by atomic mass is 35.5. The second kappa shape index (κ2) is 4.47. The first kappa shape index (κ1) is 11.5. The zero-order chi connectivity index (χ0) is 12.4. The van der Waals surface area contributed by atoms with Crippen molar-refractivity contribution in [1.29, 1.82) is 0 Å². The molecule has 0 aliphatic carbocycles. The molecule has 0 bridgehead atoms. The number of ketones is 1. The molecule has 0 unspecified atom stereocenters. The number of nitrogen functional groups attached to an aromatic ring is 2. The van der Waals surface area contributed by atoms with Crippen LogP contribution in [0.2, 0.25) is 5.02 Å². The number of nitrogens with two attached hydrogens (primary N) is 2. The number of hydrogen-bond acceptors (Lipinski definition) is 3. The Balaban J connectivity index is 2.44. The second-order valence-electron chi connectivity index (χ2n) is 3.69. The van der Waals surface area contributed by atoms with Crippen molar-refractivity contribution in [1.82, 2.24) is 0 Å². The fourth-order valence-corrected chi connectivity index (χ4v) is 1.83. The van der Waals surface area contributed by atoms with Gasteiger partial charge in [-0.2, -0.15) is 0 Å². The highest BCUT2D eigenvalue weighted by Gasteiger charge is 2.12. The van der Waals surface area contributed by atoms with Gasteiger partial charge in [0.1, 0.15) is 0 Å². The predicted molar refractivity (Wildman–Crippen MR) is 70.2 cm³/mol. The van der Waals surface area contributed by atoms with Crippen LogP contribution in [0.25, 0.3) is 0 Å². The summed E-state index contributed by atoms with van der Waals surface area (Å²) in [5, 5.41) is 0.345. The van der Waals surface area contributed by atoms with Crippen molar-refractivity contribution in [3.63, 3.8) is 0 Å². The van der Waals surface area contributed by atoms with Crippen molar-refractivity contribution < 1.29 is 4.79 Å². The van der Waals surface area contributed by atoms with Crippen LogP contribution in [-0.4, -0.2) is 5.78 Å². The minimum atomic E-state index is -0.165. The standard InChI is InChI=1S/C13H11ClN2O/c14-12-7-10(16)4-5-11(12)13(17)8-2-1-3-9(15)6-8/h1-7H,15-16H2. The Morgan fingerprint density at radius 1 is 1.00 bits per heavy atom. The summed E-state index contributed by atoms with van der Waals surface area (Å²) < 4.78 is 0. The van der Waals surface area contributed by atoms with Crippen LogP contribution in [0.3, 0.4) is 0 Å². The Bertz CT molecular complexity index is 581. The lowest BCUT2D eigenvalue weighted by atomic mass is 10.0. The molecule has 2 aromatic carbocycles. The lowest BCUT2D eigenvalue weighted by molar-refractivity contribution is 0.103. The molecule has 17 heavy (non-hydrogen) atoms. The van der Waals surface area contributed by atoms with E-state index in [-0.39, 0.29) is 5.78 Å². The van der Waals surface area contributed by atoms with Crippen LogP contribution < -0.4 is 11.5 Å². The Labute approximate surface area is 104 Å². The van der Waals surface area contributed by atoms with Crippen LogP contribution in [-0.2, 0) is 0 Å². The summed E-state index contributed by atoms with van der Waals surface area (Å²) in [5.41, 5.74) is 13.2. The number of carbonyl (C=O) groups is 1. The van der Waals surface area contributed by atoms with Crippen LogP contribution in [0.1, 0.15) is 15.9 Å². The summed E-state index contributed by atoms with van der Waals surface area (Å²) in [6.45, 7) is 0. The number of halogens is 1. The van der Waals surface area contributed by atoms with Gasteiger partial charge in [-0.3, -0.25) is 4.79 Å². The summed E-state index contributed by atoms with van der Waals surface area (Å²) in [7, 11) is 0. The highest BCUT2D eigenvalue weighted by molar-refractivity contribution is 6.35. The van der Waals surface area contributed by atoms with E-state index in [1.807, 2.05) is 0 Å². The fraction of sp³-hybridized carbons (Fsp3) is 0. The summed E-state index contributed by atoms with van der Waals surface area (Å²) in [6.07, 6.45) is 0. The number of carbonyl (C=O) groups excluding carboxylic acids is 1. The molecule has 0 spiro atoms. The molecular weight excluding hydrogens is 236 g/mol. The highest BCUT2D eigenvalue weighted by Crippen LogP contribution is 2.22. The van der Waals surface area contributed by atoms with Gasteiger partial charge in [-0.05, 0) is 30.3 Å². The maximum absolute atomic E-state index is 12.1. The third-order valence-corrected chi connectivity index (χ3v) is 2.70. The average Bonchev–Trinajstić information content (AvgIpc) is 2.28. The minimum absolute atomic E-state index is 0.165. The molecule has 3 nitrogen and oxygen atoms in total. The van der Waals surface area contributed by atoms with Crippen molar-refractivity contribution in [3.05, 3.63) is 58.6 Å². The molecule has 0 fully saturated rings. The van der Waals surface area contributed by atoms with Crippen molar-refractivity contribution in [3.8, 4) is 0 Å². The van der Waals surface area contributed by atoms with Crippen molar-refractivity contribution in [2.45, 2.75) is 0 Å². The van der Waals surface area contributed by atoms with Crippen molar-refractivity contribution in [2.75, 3.05) is 11.5 Å². The maximum Gasteiger partial charge on any atom is 0.194 e. The molecule has 0 amide bonds. The number of anilines is 2. The molecule has 0 aromatic heterocycles. The molecule has 4 N–H and O–H groups in total. The first-order valence-corrected chi connectivity index (χ1v) is 5.41. The van der Waals surface area contributed by atoms with E-state index in [2.05, 4.69) is 0 Å². The molecule has 0 saturated heterocycles. The van der Waals surface area contributed by atoms with E-state index in [0.29, 0.717) is 27.5 Å². The van der Waals surface area contributed by atoms with Gasteiger partial charge in [-0.15, -0.1) is 0 Å². The van der Waals surface area contributed by atoms with Crippen LogP contribution >= 0.6 is 11.6 Å². The quantitative estimate of drug-likeness (QED) is 0.632. The largest absolute Gasteiger partial charge is 0.399 e. The normalized spacial score (nSPS) is 10.2. The van der Waals surface area contributed by atoms with Gasteiger partial charge in [0.15, 0.2) is 5.78 Å². The topological polar surface area (TPSA) is 69.1 Å². The van der Waals surface area contributed by atoms with Crippen LogP contribution in [0.15, 0.2) is 42.5 Å². The van der Waals surface area contributed by atoms with Gasteiger partial charge in [0.25, 0.3) is 0 Å². The zero-order valence-electron chi connectivity index (χ0n) is 8.98. The molecule has 0 aliphatic heterocycles. The Morgan fingerprint density at radius 3 is 2.35 bits per heavy atom. The van der Waals surface area contributed by atoms with Crippen LogP contribution in [0, 0.1) is 0 Å². The van der Waals surface area contributed by atoms with Gasteiger partial charge in [0, 0.05) is 22.5 Å². The Kier molecular flexibility index (Phi) is 3.02. The second-order valence-corrected chi connectivity index (χ2v) is 4.10. The van der Waals surface area contributed by atoms with Crippen LogP contribution in [0.4, 0.5) is 11.4 Å². The van der Waals surface area contributed by atoms with Crippen molar-refractivity contribution in [2.24, 2.45) is 0 Å². The van der Waals surface area contributed by atoms with E-state index in [1.165, 1.54) is 0 Å². The molecule has 4 heteroatoms. The van der Waals surface area contributed by atoms with Crippen molar-refractivity contribution >= 4 is 28.8 Å². The number of hydrogen-bond donors (Lipinski definition) is 2. The van der Waals surface area contributed by atoms with E-state index in [4.69, 9.17) is 23.1 Å². The minimum Gasteiger partial charge on any atom is -0.399 e. The summed E-state index contributed by atoms with van der Waals surface area (Å²) in [6, 6.07) is 11.6. The van der Waals surface area contributed by atoms with Gasteiger partial charge in [-0.1, -0.05) is 23.7 Å². The van der Waals surface area contributed by atoms with Gasteiger partial charge in [0.05, 0.1) is 5.02 Å². The van der Waals surface area contributed by atoms with Gasteiger partial charge in [-0.25, -0.2) is 0 Å². The molecule has 0 atom stereocenters. The Hall–Kier alpha value is -2.00. The molecule has 86 valence electrons. The van der Waals surface area contributed by atoms with Crippen LogP contribution in [0.5, 0.6) is 0 Å². The monoisotopic (exact) mass is 246 g/mol. The SMILES string of the molecule is Nc1cccc(C(=O)c2ccc(N)cc2Cl)c1. The lowest BCUT2D eigenvalue weighted by Crippen LogP contribution is -2.03. The molecule has 2 rings (SSSR count). The third kappa shape index (κ3) is 2.40. The van der Waals surface area contributed by atoms with E-state index in [0.717, 1.165) is 0 Å². The fourth-order valence-electron chi connectivity index (χ4n) is 1.55. The van der Waals surface area contributed by atoms with E-state index < -0.39 is 0 Å².